The number of hydrogen-bond donors (Lipinski definition) is 1. The zero-order chi connectivity index (χ0) is 26.8. The second-order valence-electron chi connectivity index (χ2n) is 10.7. The average Bonchev–Trinajstić information content (AvgIpc) is 3.23. The molecule has 1 unspecified atom stereocenters. The van der Waals surface area contributed by atoms with E-state index in [9.17, 15) is 14.0 Å². The number of anilines is 1. The van der Waals surface area contributed by atoms with E-state index in [1.807, 2.05) is 41.0 Å². The van der Waals surface area contributed by atoms with Crippen molar-refractivity contribution >= 4 is 29.2 Å². The molecule has 2 saturated heterocycles. The Balaban J connectivity index is 1.25. The van der Waals surface area contributed by atoms with E-state index in [0.29, 0.717) is 49.9 Å². The summed E-state index contributed by atoms with van der Waals surface area (Å²) in [5.74, 6) is 0.759. The first-order valence-corrected chi connectivity index (χ1v) is 14.0. The van der Waals surface area contributed by atoms with E-state index in [-0.39, 0.29) is 29.7 Å². The fourth-order valence-corrected chi connectivity index (χ4v) is 6.12. The zero-order valence-corrected chi connectivity index (χ0v) is 22.8. The van der Waals surface area contributed by atoms with Crippen LogP contribution in [0.15, 0.2) is 30.6 Å². The predicted octanol–water partition coefficient (Wildman–Crippen LogP) is 3.68. The number of carbonyl (C=O) groups is 2. The molecule has 0 saturated carbocycles. The molecule has 2 amide bonds. The Kier molecular flexibility index (Phi) is 8.14. The van der Waals surface area contributed by atoms with Gasteiger partial charge < -0.3 is 20.0 Å². The summed E-state index contributed by atoms with van der Waals surface area (Å²) < 4.78 is 14.4. The molecule has 0 radical (unpaired) electrons. The van der Waals surface area contributed by atoms with Gasteiger partial charge in [-0.1, -0.05) is 30.7 Å². The fourth-order valence-electron chi connectivity index (χ4n) is 6.00. The van der Waals surface area contributed by atoms with Gasteiger partial charge in [0.25, 0.3) is 0 Å². The Morgan fingerprint density at radius 2 is 1.74 bits per heavy atom. The number of piperazine rings is 1. The molecule has 1 aromatic heterocycles. The maximum absolute atomic E-state index is 14.4. The monoisotopic (exact) mass is 542 g/mol. The van der Waals surface area contributed by atoms with Crippen LogP contribution in [0.5, 0.6) is 0 Å². The average molecular weight is 543 g/mol. The lowest BCUT2D eigenvalue weighted by atomic mass is 9.95. The molecule has 1 N–H and O–H groups in total. The van der Waals surface area contributed by atoms with Gasteiger partial charge in [0, 0.05) is 69.4 Å². The Morgan fingerprint density at radius 3 is 2.39 bits per heavy atom. The number of rotatable bonds is 6. The summed E-state index contributed by atoms with van der Waals surface area (Å²) in [5.41, 5.74) is 2.37. The predicted molar refractivity (Wildman–Crippen MR) is 145 cm³/mol. The second kappa shape index (κ2) is 11.5. The summed E-state index contributed by atoms with van der Waals surface area (Å²) in [6.07, 6.45) is 2.62. The summed E-state index contributed by atoms with van der Waals surface area (Å²) in [5, 5.41) is 4.24. The highest BCUT2D eigenvalue weighted by Crippen LogP contribution is 2.44. The summed E-state index contributed by atoms with van der Waals surface area (Å²) >= 11 is 6.13. The molecule has 0 spiro atoms. The van der Waals surface area contributed by atoms with Gasteiger partial charge >= 0.3 is 0 Å². The van der Waals surface area contributed by atoms with Crippen LogP contribution >= 0.6 is 11.6 Å². The van der Waals surface area contributed by atoms with Crippen LogP contribution in [0.25, 0.3) is 0 Å². The Hall–Kier alpha value is -2.78. The molecule has 1 aromatic carbocycles. The smallest absolute Gasteiger partial charge is 0.231 e. The molecule has 3 atom stereocenters. The van der Waals surface area contributed by atoms with Gasteiger partial charge in [-0.2, -0.15) is 0 Å². The van der Waals surface area contributed by atoms with Crippen molar-refractivity contribution in [2.75, 3.05) is 50.7 Å². The minimum atomic E-state index is -1.04. The highest BCUT2D eigenvalue weighted by molar-refractivity contribution is 6.30. The van der Waals surface area contributed by atoms with Gasteiger partial charge in [-0.25, -0.2) is 14.4 Å². The van der Waals surface area contributed by atoms with Gasteiger partial charge in [-0.05, 0) is 42.9 Å². The Labute approximate surface area is 228 Å². The Bertz CT molecular complexity index is 1150. The van der Waals surface area contributed by atoms with E-state index in [4.69, 9.17) is 11.6 Å². The first kappa shape index (κ1) is 26.8. The molecule has 2 aliphatic heterocycles. The van der Waals surface area contributed by atoms with Crippen LogP contribution in [-0.4, -0.2) is 83.4 Å². The summed E-state index contributed by atoms with van der Waals surface area (Å²) in [7, 11) is 0. The van der Waals surface area contributed by atoms with Gasteiger partial charge in [-0.3, -0.25) is 9.59 Å². The summed E-state index contributed by atoms with van der Waals surface area (Å²) in [4.78, 5) is 40.2. The minimum absolute atomic E-state index is 0.0820. The van der Waals surface area contributed by atoms with E-state index in [1.54, 1.807) is 6.92 Å². The number of nitrogens with one attached hydrogen (secondary N) is 1. The molecule has 3 heterocycles. The van der Waals surface area contributed by atoms with Gasteiger partial charge in [0.05, 0.1) is 11.6 Å². The number of hydrogen-bond acceptors (Lipinski definition) is 6. The minimum Gasteiger partial charge on any atom is -0.353 e. The molecule has 10 heteroatoms. The summed E-state index contributed by atoms with van der Waals surface area (Å²) in [6.45, 7) is 8.08. The Morgan fingerprint density at radius 1 is 1.05 bits per heavy atom. The number of nitrogens with zero attached hydrogens (tertiary/aromatic N) is 5. The number of piperidine rings is 1. The third-order valence-electron chi connectivity index (χ3n) is 8.26. The van der Waals surface area contributed by atoms with Crippen molar-refractivity contribution in [3.63, 3.8) is 0 Å². The van der Waals surface area contributed by atoms with Crippen molar-refractivity contribution in [1.29, 1.82) is 0 Å². The maximum atomic E-state index is 14.4. The standard InChI is InChI=1S/C28H36ClFN6O2/c1-18-15-24(30)26-25(18)27(33-17-32-26)35-11-13-36(14-12-35)28(38)23(20-3-5-21(29)6-4-20)16-31-22-7-9-34(10-8-22)19(2)37/h3-6,17-18,22-24,31H,7-16H2,1-2H3/t18-,23?,24-/m1/s1. The van der Waals surface area contributed by atoms with Crippen LogP contribution in [0, 0.1) is 0 Å². The van der Waals surface area contributed by atoms with Crippen LogP contribution in [-0.2, 0) is 9.59 Å². The second-order valence-corrected chi connectivity index (χ2v) is 11.1. The number of halogens is 2. The number of benzene rings is 1. The van der Waals surface area contributed by atoms with Crippen LogP contribution in [0.3, 0.4) is 0 Å². The van der Waals surface area contributed by atoms with E-state index in [2.05, 4.69) is 20.2 Å². The van der Waals surface area contributed by atoms with E-state index in [1.165, 1.54) is 6.33 Å². The van der Waals surface area contributed by atoms with Gasteiger partial charge in [0.15, 0.2) is 0 Å². The van der Waals surface area contributed by atoms with E-state index < -0.39 is 6.17 Å². The third-order valence-corrected chi connectivity index (χ3v) is 8.51. The van der Waals surface area contributed by atoms with Crippen LogP contribution in [0.1, 0.15) is 67.9 Å². The number of likely N-dealkylation sites (tertiary alicyclic amines) is 1. The van der Waals surface area contributed by atoms with Crippen molar-refractivity contribution in [3.05, 3.63) is 52.4 Å². The van der Waals surface area contributed by atoms with Crippen LogP contribution in [0.2, 0.25) is 5.02 Å². The van der Waals surface area contributed by atoms with Gasteiger partial charge in [0.2, 0.25) is 11.8 Å². The largest absolute Gasteiger partial charge is 0.353 e. The number of fused-ring (bicyclic) bond motifs is 1. The molecule has 5 rings (SSSR count). The molecule has 8 nitrogen and oxygen atoms in total. The fraction of sp³-hybridized carbons (Fsp3) is 0.571. The molecular weight excluding hydrogens is 507 g/mol. The van der Waals surface area contributed by atoms with Crippen molar-refractivity contribution in [2.45, 2.75) is 57.2 Å². The van der Waals surface area contributed by atoms with Gasteiger partial charge in [0.1, 0.15) is 18.3 Å². The molecule has 2 fully saturated rings. The van der Waals surface area contributed by atoms with E-state index >= 15 is 0 Å². The van der Waals surface area contributed by atoms with Crippen LogP contribution in [0.4, 0.5) is 10.2 Å². The number of amides is 2. The SMILES string of the molecule is CC(=O)N1CCC(NCC(C(=O)N2CCN(c3ncnc4c3[C@H](C)C[C@H]4F)CC2)c2ccc(Cl)cc2)CC1. The number of carbonyl (C=O) groups excluding carboxylic acids is 2. The molecule has 1 aliphatic carbocycles. The molecule has 0 bridgehead atoms. The molecule has 3 aliphatic rings. The first-order valence-electron chi connectivity index (χ1n) is 13.6. The van der Waals surface area contributed by atoms with E-state index in [0.717, 1.165) is 42.9 Å². The van der Waals surface area contributed by atoms with Crippen molar-refractivity contribution < 1.29 is 14.0 Å². The number of alkyl halides is 1. The highest BCUT2D eigenvalue weighted by Gasteiger charge is 2.36. The lowest BCUT2D eigenvalue weighted by Gasteiger charge is -2.38. The molecular formula is C28H36ClFN6O2. The number of aromatic nitrogens is 2. The van der Waals surface area contributed by atoms with Gasteiger partial charge in [-0.15, -0.1) is 0 Å². The third kappa shape index (κ3) is 5.64. The topological polar surface area (TPSA) is 81.7 Å². The molecule has 38 heavy (non-hydrogen) atoms. The zero-order valence-electron chi connectivity index (χ0n) is 22.1. The lowest BCUT2D eigenvalue weighted by molar-refractivity contribution is -0.133. The van der Waals surface area contributed by atoms with Crippen molar-refractivity contribution in [3.8, 4) is 0 Å². The first-order chi connectivity index (χ1) is 18.3. The molecule has 2 aromatic rings. The van der Waals surface area contributed by atoms with Crippen LogP contribution < -0.4 is 10.2 Å². The quantitative estimate of drug-likeness (QED) is 0.600. The summed E-state index contributed by atoms with van der Waals surface area (Å²) in [6, 6.07) is 7.79. The lowest BCUT2D eigenvalue weighted by Crippen LogP contribution is -2.52. The van der Waals surface area contributed by atoms with Crippen molar-refractivity contribution in [1.82, 2.24) is 25.1 Å². The maximum Gasteiger partial charge on any atom is 0.231 e. The molecule has 204 valence electrons. The van der Waals surface area contributed by atoms with Crippen molar-refractivity contribution in [2.24, 2.45) is 0 Å². The normalized spacial score (nSPS) is 22.9. The highest BCUT2D eigenvalue weighted by atomic mass is 35.5.